The van der Waals surface area contributed by atoms with E-state index in [9.17, 15) is 9.59 Å². The molecule has 0 aromatic heterocycles. The van der Waals surface area contributed by atoms with E-state index in [-0.39, 0.29) is 18.5 Å². The molecule has 1 aromatic rings. The molecule has 0 atom stereocenters. The first kappa shape index (κ1) is 25.0. The Morgan fingerprint density at radius 1 is 0.828 bits per heavy atom. The maximum atomic E-state index is 11.6. The molecule has 164 valence electrons. The third kappa shape index (κ3) is 10.9. The Morgan fingerprint density at radius 2 is 1.52 bits per heavy atom. The van der Waals surface area contributed by atoms with E-state index < -0.39 is 0 Å². The van der Waals surface area contributed by atoms with Crippen LogP contribution in [0.25, 0.3) is 0 Å². The van der Waals surface area contributed by atoms with E-state index in [0.29, 0.717) is 25.9 Å². The number of hydrogen-bond acceptors (Lipinski definition) is 6. The third-order valence-corrected chi connectivity index (χ3v) is 4.90. The second kappa shape index (κ2) is 15.8. The van der Waals surface area contributed by atoms with Crippen LogP contribution in [-0.2, 0) is 31.9 Å². The number of benzene rings is 1. The summed E-state index contributed by atoms with van der Waals surface area (Å²) in [6, 6.07) is 6.05. The molecular formula is C23H36O6. The Labute approximate surface area is 174 Å². The molecule has 0 amide bonds. The second-order valence-electron chi connectivity index (χ2n) is 7.09. The van der Waals surface area contributed by atoms with Gasteiger partial charge in [-0.1, -0.05) is 25.0 Å². The van der Waals surface area contributed by atoms with Gasteiger partial charge in [-0.15, -0.1) is 0 Å². The quantitative estimate of drug-likeness (QED) is 0.329. The molecule has 0 aliphatic heterocycles. The second-order valence-corrected chi connectivity index (χ2v) is 7.09. The van der Waals surface area contributed by atoms with E-state index in [1.165, 1.54) is 19.8 Å². The van der Waals surface area contributed by atoms with Crippen molar-refractivity contribution in [2.45, 2.75) is 70.6 Å². The number of aliphatic hydroxyl groups excluding tert-OH is 1. The minimum atomic E-state index is -0.225. The van der Waals surface area contributed by atoms with Crippen molar-refractivity contribution in [1.82, 2.24) is 0 Å². The van der Waals surface area contributed by atoms with Crippen molar-refractivity contribution < 1.29 is 28.9 Å². The highest BCUT2D eigenvalue weighted by Gasteiger charge is 2.12. The Morgan fingerprint density at radius 3 is 2.24 bits per heavy atom. The minimum Gasteiger partial charge on any atom is -0.493 e. The topological polar surface area (TPSA) is 82.1 Å². The number of aliphatic hydroxyl groups is 1. The molecule has 0 aliphatic rings. The predicted molar refractivity (Wildman–Crippen MR) is 112 cm³/mol. The average molecular weight is 409 g/mol. The Hall–Kier alpha value is -2.08. The molecule has 0 saturated heterocycles. The van der Waals surface area contributed by atoms with Crippen molar-refractivity contribution in [3.63, 3.8) is 0 Å². The lowest BCUT2D eigenvalue weighted by Gasteiger charge is -2.16. The molecule has 1 aromatic carbocycles. The van der Waals surface area contributed by atoms with Crippen LogP contribution in [0.1, 0.15) is 68.9 Å². The standard InChI is InChI=1S/C23H36O6/c1-27-22(25)14-7-5-9-18-29-21-13-10-12-19(11-6-3-4-8-17-24)20(21)15-16-23(26)28-2/h10,12-13,24H,3-9,11,14-18H2,1-2H3. The number of esters is 2. The average Bonchev–Trinajstić information content (AvgIpc) is 2.74. The fourth-order valence-corrected chi connectivity index (χ4v) is 3.21. The van der Waals surface area contributed by atoms with Crippen LogP contribution >= 0.6 is 0 Å². The van der Waals surface area contributed by atoms with Gasteiger partial charge in [-0.3, -0.25) is 9.59 Å². The van der Waals surface area contributed by atoms with Gasteiger partial charge in [-0.2, -0.15) is 0 Å². The van der Waals surface area contributed by atoms with Gasteiger partial charge < -0.3 is 19.3 Å². The van der Waals surface area contributed by atoms with Gasteiger partial charge in [0, 0.05) is 19.4 Å². The van der Waals surface area contributed by atoms with Gasteiger partial charge >= 0.3 is 11.9 Å². The first-order valence-corrected chi connectivity index (χ1v) is 10.6. The van der Waals surface area contributed by atoms with Gasteiger partial charge in [0.1, 0.15) is 5.75 Å². The molecule has 1 rings (SSSR count). The summed E-state index contributed by atoms with van der Waals surface area (Å²) in [6.45, 7) is 0.819. The highest BCUT2D eigenvalue weighted by Crippen LogP contribution is 2.26. The van der Waals surface area contributed by atoms with Gasteiger partial charge in [0.2, 0.25) is 0 Å². The lowest BCUT2D eigenvalue weighted by molar-refractivity contribution is -0.141. The molecule has 29 heavy (non-hydrogen) atoms. The zero-order valence-corrected chi connectivity index (χ0v) is 17.9. The first-order valence-electron chi connectivity index (χ1n) is 10.6. The van der Waals surface area contributed by atoms with Crippen molar-refractivity contribution in [3.05, 3.63) is 29.3 Å². The molecule has 0 spiro atoms. The van der Waals surface area contributed by atoms with Crippen LogP contribution < -0.4 is 4.74 Å². The maximum absolute atomic E-state index is 11.6. The monoisotopic (exact) mass is 408 g/mol. The summed E-state index contributed by atoms with van der Waals surface area (Å²) < 4.78 is 15.5. The number of carbonyl (C=O) groups excluding carboxylic acids is 2. The fraction of sp³-hybridized carbons (Fsp3) is 0.652. The van der Waals surface area contributed by atoms with Gasteiger partial charge in [-0.05, 0) is 62.1 Å². The lowest BCUT2D eigenvalue weighted by atomic mass is 9.97. The maximum Gasteiger partial charge on any atom is 0.305 e. The Balaban J connectivity index is 2.61. The number of methoxy groups -OCH3 is 2. The van der Waals surface area contributed by atoms with E-state index in [1.807, 2.05) is 12.1 Å². The number of carbonyl (C=O) groups is 2. The number of hydrogen-bond donors (Lipinski definition) is 1. The molecule has 0 radical (unpaired) electrons. The molecule has 0 aliphatic carbocycles. The largest absolute Gasteiger partial charge is 0.493 e. The third-order valence-electron chi connectivity index (χ3n) is 4.90. The van der Waals surface area contributed by atoms with Crippen molar-refractivity contribution in [2.75, 3.05) is 27.4 Å². The fourth-order valence-electron chi connectivity index (χ4n) is 3.21. The van der Waals surface area contributed by atoms with E-state index in [4.69, 9.17) is 14.6 Å². The molecule has 0 saturated carbocycles. The Kier molecular flexibility index (Phi) is 13.6. The van der Waals surface area contributed by atoms with Crippen LogP contribution in [0.15, 0.2) is 18.2 Å². The van der Waals surface area contributed by atoms with Crippen molar-refractivity contribution in [1.29, 1.82) is 0 Å². The van der Waals surface area contributed by atoms with E-state index >= 15 is 0 Å². The van der Waals surface area contributed by atoms with Gasteiger partial charge in [0.15, 0.2) is 0 Å². The Bertz CT molecular complexity index is 599. The van der Waals surface area contributed by atoms with E-state index in [0.717, 1.165) is 62.7 Å². The van der Waals surface area contributed by atoms with Gasteiger partial charge in [0.05, 0.1) is 20.8 Å². The van der Waals surface area contributed by atoms with Crippen LogP contribution in [0.5, 0.6) is 5.75 Å². The summed E-state index contributed by atoms with van der Waals surface area (Å²) >= 11 is 0. The molecule has 0 unspecified atom stereocenters. The number of aryl methyl sites for hydroxylation is 1. The molecule has 0 bridgehead atoms. The van der Waals surface area contributed by atoms with Gasteiger partial charge in [-0.25, -0.2) is 0 Å². The summed E-state index contributed by atoms with van der Waals surface area (Å²) in [6.07, 6.45) is 8.82. The summed E-state index contributed by atoms with van der Waals surface area (Å²) in [5.41, 5.74) is 2.29. The van der Waals surface area contributed by atoms with Gasteiger partial charge in [0.25, 0.3) is 0 Å². The normalized spacial score (nSPS) is 10.6. The van der Waals surface area contributed by atoms with E-state index in [1.54, 1.807) is 0 Å². The molecule has 0 heterocycles. The van der Waals surface area contributed by atoms with Crippen molar-refractivity contribution in [2.24, 2.45) is 0 Å². The van der Waals surface area contributed by atoms with Crippen LogP contribution in [-0.4, -0.2) is 44.5 Å². The highest BCUT2D eigenvalue weighted by atomic mass is 16.5. The van der Waals surface area contributed by atoms with E-state index in [2.05, 4.69) is 10.8 Å². The van der Waals surface area contributed by atoms with Crippen LogP contribution in [0.4, 0.5) is 0 Å². The van der Waals surface area contributed by atoms with Crippen LogP contribution in [0.3, 0.4) is 0 Å². The molecule has 6 heteroatoms. The summed E-state index contributed by atoms with van der Waals surface area (Å²) in [7, 11) is 2.81. The summed E-state index contributed by atoms with van der Waals surface area (Å²) in [5.74, 6) is 0.425. The molecule has 0 fully saturated rings. The number of rotatable bonds is 16. The lowest BCUT2D eigenvalue weighted by Crippen LogP contribution is -2.07. The predicted octanol–water partition coefficient (Wildman–Crippen LogP) is 4.00. The smallest absolute Gasteiger partial charge is 0.305 e. The van der Waals surface area contributed by atoms with Crippen molar-refractivity contribution in [3.8, 4) is 5.75 Å². The van der Waals surface area contributed by atoms with Crippen LogP contribution in [0, 0.1) is 0 Å². The number of unbranched alkanes of at least 4 members (excludes halogenated alkanes) is 5. The molecule has 6 nitrogen and oxygen atoms in total. The summed E-state index contributed by atoms with van der Waals surface area (Å²) in [5, 5.41) is 8.90. The molecule has 1 N–H and O–H groups in total. The summed E-state index contributed by atoms with van der Waals surface area (Å²) in [4.78, 5) is 22.8. The first-order chi connectivity index (χ1) is 14.1. The highest BCUT2D eigenvalue weighted by molar-refractivity contribution is 5.70. The molecular weight excluding hydrogens is 372 g/mol. The SMILES string of the molecule is COC(=O)CCCCCOc1cccc(CCCCCCO)c1CCC(=O)OC. The zero-order valence-electron chi connectivity index (χ0n) is 17.9. The zero-order chi connectivity index (χ0) is 21.3. The minimum absolute atomic E-state index is 0.178. The number of ether oxygens (including phenoxy) is 3. The van der Waals surface area contributed by atoms with Crippen molar-refractivity contribution >= 4 is 11.9 Å². The van der Waals surface area contributed by atoms with Crippen LogP contribution in [0.2, 0.25) is 0 Å².